The van der Waals surface area contributed by atoms with Crippen molar-refractivity contribution in [1.82, 2.24) is 0 Å². The maximum atomic E-state index is 12.2. The van der Waals surface area contributed by atoms with Crippen LogP contribution in [0.15, 0.2) is 72.8 Å². The molecule has 0 aliphatic heterocycles. The maximum absolute atomic E-state index is 12.2. The van der Waals surface area contributed by atoms with Gasteiger partial charge in [0.05, 0.1) is 0 Å². The van der Waals surface area contributed by atoms with Crippen molar-refractivity contribution in [2.75, 3.05) is 0 Å². The van der Waals surface area contributed by atoms with Gasteiger partial charge in [-0.3, -0.25) is 0 Å². The van der Waals surface area contributed by atoms with E-state index < -0.39 is 6.61 Å². The van der Waals surface area contributed by atoms with E-state index >= 15 is 0 Å². The second-order valence-electron chi connectivity index (χ2n) is 7.67. The molecule has 1 nitrogen and oxygen atoms in total. The number of hydrogen-bond donors (Lipinski definition) is 0. The normalized spacial score (nSPS) is 11.0. The summed E-state index contributed by atoms with van der Waals surface area (Å²) in [6, 6.07) is 23.7. The van der Waals surface area contributed by atoms with Gasteiger partial charge >= 0.3 is 6.61 Å². The predicted molar refractivity (Wildman–Crippen MR) is 124 cm³/mol. The average Bonchev–Trinajstić information content (AvgIpc) is 2.78. The van der Waals surface area contributed by atoms with Crippen molar-refractivity contribution in [3.63, 3.8) is 0 Å². The van der Waals surface area contributed by atoms with Gasteiger partial charge in [-0.15, -0.1) is 0 Å². The lowest BCUT2D eigenvalue weighted by molar-refractivity contribution is -0.0498. The molecule has 0 spiro atoms. The lowest BCUT2D eigenvalue weighted by Gasteiger charge is -2.07. The van der Waals surface area contributed by atoms with Crippen LogP contribution in [-0.2, 0) is 6.42 Å². The minimum absolute atomic E-state index is 0.131. The molecule has 0 N–H and O–H groups in total. The van der Waals surface area contributed by atoms with E-state index in [2.05, 4.69) is 66.0 Å². The molecule has 0 radical (unpaired) electrons. The molecule has 0 heterocycles. The van der Waals surface area contributed by atoms with Crippen LogP contribution < -0.4 is 4.74 Å². The summed E-state index contributed by atoms with van der Waals surface area (Å²) in [5, 5.41) is 4.90. The first-order valence-electron chi connectivity index (χ1n) is 10.6. The van der Waals surface area contributed by atoms with E-state index in [4.69, 9.17) is 0 Å². The Morgan fingerprint density at radius 2 is 1.39 bits per heavy atom. The number of fused-ring (bicyclic) bond motifs is 3. The molecule has 3 heteroatoms. The molecule has 0 fully saturated rings. The Labute approximate surface area is 181 Å². The lowest BCUT2D eigenvalue weighted by atomic mass is 9.97. The van der Waals surface area contributed by atoms with Crippen molar-refractivity contribution in [2.45, 2.75) is 39.2 Å². The van der Waals surface area contributed by atoms with E-state index in [9.17, 15) is 8.78 Å². The maximum Gasteiger partial charge on any atom is 0.387 e. The van der Waals surface area contributed by atoms with Gasteiger partial charge in [0.15, 0.2) is 0 Å². The number of hydrogen-bond acceptors (Lipinski definition) is 1. The van der Waals surface area contributed by atoms with E-state index in [1.807, 2.05) is 6.07 Å². The highest BCUT2D eigenvalue weighted by molar-refractivity contribution is 6.07. The summed E-state index contributed by atoms with van der Waals surface area (Å²) in [6.45, 7) is -0.592. The fourth-order valence-electron chi connectivity index (χ4n) is 3.80. The third-order valence-corrected chi connectivity index (χ3v) is 5.40. The Hall–Kier alpha value is -3.38. The average molecular weight is 414 g/mol. The van der Waals surface area contributed by atoms with Crippen molar-refractivity contribution >= 4 is 21.5 Å². The van der Waals surface area contributed by atoms with Gasteiger partial charge in [-0.2, -0.15) is 8.78 Å². The summed E-state index contributed by atoms with van der Waals surface area (Å²) in [5.41, 5.74) is 3.06. The molecule has 0 bridgehead atoms. The smallest absolute Gasteiger partial charge is 0.387 e. The van der Waals surface area contributed by atoms with Gasteiger partial charge < -0.3 is 4.74 Å². The van der Waals surface area contributed by atoms with Crippen LogP contribution in [0.5, 0.6) is 5.75 Å². The third kappa shape index (κ3) is 5.22. The molecular weight excluding hydrogens is 390 g/mol. The number of halogens is 2. The molecule has 31 heavy (non-hydrogen) atoms. The monoisotopic (exact) mass is 414 g/mol. The van der Waals surface area contributed by atoms with Crippen LogP contribution in [0.25, 0.3) is 21.5 Å². The van der Waals surface area contributed by atoms with Crippen LogP contribution in [0, 0.1) is 11.8 Å². The number of benzene rings is 4. The first kappa shape index (κ1) is 20.9. The van der Waals surface area contributed by atoms with Crippen LogP contribution in [0.1, 0.15) is 42.9 Å². The van der Waals surface area contributed by atoms with Gasteiger partial charge in [0, 0.05) is 11.1 Å². The fourth-order valence-corrected chi connectivity index (χ4v) is 3.80. The highest BCUT2D eigenvalue weighted by Crippen LogP contribution is 2.27. The summed E-state index contributed by atoms with van der Waals surface area (Å²) in [7, 11) is 0. The summed E-state index contributed by atoms with van der Waals surface area (Å²) < 4.78 is 28.9. The first-order valence-corrected chi connectivity index (χ1v) is 10.6. The quantitative estimate of drug-likeness (QED) is 0.178. The molecule has 4 rings (SSSR count). The Balaban J connectivity index is 1.56. The molecule has 4 aromatic carbocycles. The molecular formula is C28H24F2O. The van der Waals surface area contributed by atoms with Crippen molar-refractivity contribution in [1.29, 1.82) is 0 Å². The first-order chi connectivity index (χ1) is 15.1. The minimum atomic E-state index is -2.82. The van der Waals surface area contributed by atoms with Gasteiger partial charge in [0.2, 0.25) is 0 Å². The molecule has 0 aromatic heterocycles. The largest absolute Gasteiger partial charge is 0.435 e. The summed E-state index contributed by atoms with van der Waals surface area (Å²) >= 11 is 0. The second-order valence-corrected chi connectivity index (χ2v) is 7.67. The SMILES string of the molecule is CCCCCc1ccc2c(ccc3cc(C#Cc4ccc(OC(F)F)cc4)ccc32)c1. The van der Waals surface area contributed by atoms with Gasteiger partial charge in [0.1, 0.15) is 5.75 Å². The van der Waals surface area contributed by atoms with Crippen molar-refractivity contribution in [3.8, 4) is 17.6 Å². The van der Waals surface area contributed by atoms with E-state index in [1.165, 1.54) is 53.1 Å². The highest BCUT2D eigenvalue weighted by atomic mass is 19.3. The number of rotatable bonds is 6. The summed E-state index contributed by atoms with van der Waals surface area (Å²) in [6.07, 6.45) is 4.88. The molecule has 0 atom stereocenters. The molecule has 0 aliphatic carbocycles. The summed E-state index contributed by atoms with van der Waals surface area (Å²) in [5.74, 6) is 6.37. The molecule has 156 valence electrons. The lowest BCUT2D eigenvalue weighted by Crippen LogP contribution is -2.01. The van der Waals surface area contributed by atoms with Crippen molar-refractivity contribution in [2.24, 2.45) is 0 Å². The fraction of sp³-hybridized carbons (Fsp3) is 0.214. The zero-order chi connectivity index (χ0) is 21.6. The zero-order valence-corrected chi connectivity index (χ0v) is 17.5. The molecule has 0 amide bonds. The van der Waals surface area contributed by atoms with E-state index in [0.29, 0.717) is 0 Å². The van der Waals surface area contributed by atoms with Crippen LogP contribution in [0.4, 0.5) is 8.78 Å². The zero-order valence-electron chi connectivity index (χ0n) is 17.5. The number of aryl methyl sites for hydroxylation is 1. The minimum Gasteiger partial charge on any atom is -0.435 e. The molecule has 4 aromatic rings. The van der Waals surface area contributed by atoms with Crippen LogP contribution in [0.2, 0.25) is 0 Å². The molecule has 0 saturated heterocycles. The van der Waals surface area contributed by atoms with Gasteiger partial charge in [-0.25, -0.2) is 0 Å². The highest BCUT2D eigenvalue weighted by Gasteiger charge is 2.04. The van der Waals surface area contributed by atoms with E-state index in [0.717, 1.165) is 22.9 Å². The van der Waals surface area contributed by atoms with Gasteiger partial charge in [-0.1, -0.05) is 68.0 Å². The van der Waals surface area contributed by atoms with Crippen LogP contribution in [0.3, 0.4) is 0 Å². The second kappa shape index (κ2) is 9.62. The van der Waals surface area contributed by atoms with Gasteiger partial charge in [0.25, 0.3) is 0 Å². The third-order valence-electron chi connectivity index (χ3n) is 5.40. The Bertz CT molecular complexity index is 1250. The van der Waals surface area contributed by atoms with Crippen molar-refractivity contribution in [3.05, 3.63) is 89.5 Å². The van der Waals surface area contributed by atoms with Crippen LogP contribution in [-0.4, -0.2) is 6.61 Å². The Kier molecular flexibility index (Phi) is 6.48. The molecule has 0 unspecified atom stereocenters. The number of ether oxygens (including phenoxy) is 1. The number of unbranched alkanes of at least 4 members (excludes halogenated alkanes) is 2. The molecule has 0 aliphatic rings. The van der Waals surface area contributed by atoms with E-state index in [-0.39, 0.29) is 5.75 Å². The molecule has 0 saturated carbocycles. The Morgan fingerprint density at radius 3 is 2.10 bits per heavy atom. The topological polar surface area (TPSA) is 9.23 Å². The summed E-state index contributed by atoms with van der Waals surface area (Å²) in [4.78, 5) is 0. The standard InChI is InChI=1S/C28H24F2O/c1-2-3-4-5-21-10-16-26-23(18-21)12-13-24-19-22(11-17-27(24)26)7-6-20-8-14-25(15-9-20)31-28(29)30/h8-19,28H,2-5H2,1H3. The van der Waals surface area contributed by atoms with Crippen molar-refractivity contribution < 1.29 is 13.5 Å². The Morgan fingerprint density at radius 1 is 0.742 bits per heavy atom. The van der Waals surface area contributed by atoms with Crippen LogP contribution >= 0.6 is 0 Å². The number of alkyl halides is 2. The van der Waals surface area contributed by atoms with E-state index in [1.54, 1.807) is 12.1 Å². The van der Waals surface area contributed by atoms with Gasteiger partial charge in [-0.05, 0) is 76.3 Å². The predicted octanol–water partition coefficient (Wildman–Crippen LogP) is 7.73.